The fraction of sp³-hybridized carbons (Fsp3) is 0.750. The van der Waals surface area contributed by atoms with Crippen molar-refractivity contribution in [3.05, 3.63) is 11.9 Å². The van der Waals surface area contributed by atoms with Gasteiger partial charge in [0.25, 0.3) is 0 Å². The number of hydrogen-bond acceptors (Lipinski definition) is 4. The highest BCUT2D eigenvalue weighted by Gasteiger charge is 2.02. The van der Waals surface area contributed by atoms with Crippen LogP contribution in [0.4, 0.5) is 0 Å². The molecule has 0 saturated heterocycles. The molecule has 1 aromatic rings. The van der Waals surface area contributed by atoms with Crippen LogP contribution in [0.5, 0.6) is 0 Å². The molecule has 0 aliphatic rings. The van der Waals surface area contributed by atoms with Crippen LogP contribution in [-0.4, -0.2) is 34.7 Å². The number of aromatic nitrogens is 3. The van der Waals surface area contributed by atoms with E-state index in [0.717, 1.165) is 12.2 Å². The van der Waals surface area contributed by atoms with E-state index < -0.39 is 0 Å². The molecule has 1 N–H and O–H groups in total. The van der Waals surface area contributed by atoms with Gasteiger partial charge in [-0.1, -0.05) is 5.21 Å². The highest BCUT2D eigenvalue weighted by Crippen LogP contribution is 1.97. The lowest BCUT2D eigenvalue weighted by Crippen LogP contribution is -2.23. The van der Waals surface area contributed by atoms with Crippen molar-refractivity contribution in [1.29, 1.82) is 0 Å². The number of aryl methyl sites for hydroxylation is 1. The molecule has 1 heterocycles. The number of nitrogens with zero attached hydrogens (tertiary/aromatic N) is 3. The minimum atomic E-state index is 0.201. The van der Waals surface area contributed by atoms with E-state index in [0.29, 0.717) is 6.61 Å². The summed E-state index contributed by atoms with van der Waals surface area (Å²) in [4.78, 5) is 0. The predicted octanol–water partition coefficient (Wildman–Crippen LogP) is -0.0604. The number of ether oxygens (including phenoxy) is 1. The van der Waals surface area contributed by atoms with E-state index in [1.165, 1.54) is 0 Å². The Hall–Kier alpha value is -0.940. The SMILES string of the molecule is CNCC(C)OCc1cn(C)nn1. The molecule has 74 valence electrons. The molecule has 0 aliphatic heterocycles. The molecule has 0 saturated carbocycles. The maximum Gasteiger partial charge on any atom is 0.108 e. The summed E-state index contributed by atoms with van der Waals surface area (Å²) in [6, 6.07) is 0. The maximum atomic E-state index is 5.50. The van der Waals surface area contributed by atoms with Gasteiger partial charge in [0.15, 0.2) is 0 Å². The van der Waals surface area contributed by atoms with E-state index in [9.17, 15) is 0 Å². The molecule has 0 amide bonds. The normalized spacial score (nSPS) is 13.2. The van der Waals surface area contributed by atoms with Gasteiger partial charge < -0.3 is 10.1 Å². The first-order valence-electron chi connectivity index (χ1n) is 4.33. The third-order valence-corrected chi connectivity index (χ3v) is 1.66. The Morgan fingerprint density at radius 3 is 3.00 bits per heavy atom. The Bertz CT molecular complexity index is 248. The quantitative estimate of drug-likeness (QED) is 0.696. The third-order valence-electron chi connectivity index (χ3n) is 1.66. The van der Waals surface area contributed by atoms with Gasteiger partial charge in [0, 0.05) is 13.6 Å². The maximum absolute atomic E-state index is 5.50. The van der Waals surface area contributed by atoms with Crippen LogP contribution in [-0.2, 0) is 18.4 Å². The van der Waals surface area contributed by atoms with Crippen molar-refractivity contribution in [2.75, 3.05) is 13.6 Å². The highest BCUT2D eigenvalue weighted by molar-refractivity contribution is 4.88. The molecule has 5 nitrogen and oxygen atoms in total. The first kappa shape index (κ1) is 10.1. The molecule has 1 unspecified atom stereocenters. The lowest BCUT2D eigenvalue weighted by molar-refractivity contribution is 0.0525. The molecule has 1 rings (SSSR count). The average Bonchev–Trinajstić information content (AvgIpc) is 2.49. The third kappa shape index (κ3) is 3.52. The van der Waals surface area contributed by atoms with E-state index >= 15 is 0 Å². The van der Waals surface area contributed by atoms with Crippen LogP contribution < -0.4 is 5.32 Å². The number of hydrogen-bond donors (Lipinski definition) is 1. The standard InChI is InChI=1S/C8H16N4O/c1-7(4-9-2)13-6-8-5-12(3)11-10-8/h5,7,9H,4,6H2,1-3H3. The zero-order chi connectivity index (χ0) is 9.68. The minimum absolute atomic E-state index is 0.201. The lowest BCUT2D eigenvalue weighted by atomic mass is 10.4. The molecule has 0 aromatic carbocycles. The Labute approximate surface area is 78.1 Å². The second kappa shape index (κ2) is 4.94. The average molecular weight is 184 g/mol. The highest BCUT2D eigenvalue weighted by atomic mass is 16.5. The van der Waals surface area contributed by atoms with Gasteiger partial charge in [0.1, 0.15) is 5.69 Å². The zero-order valence-corrected chi connectivity index (χ0v) is 8.32. The molecule has 0 bridgehead atoms. The van der Waals surface area contributed by atoms with Gasteiger partial charge in [-0.2, -0.15) is 0 Å². The van der Waals surface area contributed by atoms with Gasteiger partial charge in [-0.25, -0.2) is 0 Å². The molecule has 0 fully saturated rings. The molecule has 13 heavy (non-hydrogen) atoms. The van der Waals surface area contributed by atoms with Crippen LogP contribution in [0, 0.1) is 0 Å². The van der Waals surface area contributed by atoms with Gasteiger partial charge >= 0.3 is 0 Å². The topological polar surface area (TPSA) is 52.0 Å². The summed E-state index contributed by atoms with van der Waals surface area (Å²) in [5.41, 5.74) is 0.866. The van der Waals surface area contributed by atoms with Crippen LogP contribution in [0.15, 0.2) is 6.20 Å². The van der Waals surface area contributed by atoms with Gasteiger partial charge in [-0.3, -0.25) is 4.68 Å². The van der Waals surface area contributed by atoms with Gasteiger partial charge in [0.2, 0.25) is 0 Å². The van der Waals surface area contributed by atoms with Crippen LogP contribution in [0.3, 0.4) is 0 Å². The number of likely N-dealkylation sites (N-methyl/N-ethyl adjacent to an activating group) is 1. The van der Waals surface area contributed by atoms with E-state index in [2.05, 4.69) is 15.6 Å². The molecule has 0 radical (unpaired) electrons. The minimum Gasteiger partial charge on any atom is -0.371 e. The summed E-state index contributed by atoms with van der Waals surface area (Å²) >= 11 is 0. The molecule has 1 atom stereocenters. The summed E-state index contributed by atoms with van der Waals surface area (Å²) < 4.78 is 7.17. The fourth-order valence-corrected chi connectivity index (χ4v) is 1.04. The summed E-state index contributed by atoms with van der Waals surface area (Å²) in [5.74, 6) is 0. The number of rotatable bonds is 5. The lowest BCUT2D eigenvalue weighted by Gasteiger charge is -2.10. The van der Waals surface area contributed by atoms with Crippen molar-refractivity contribution in [3.8, 4) is 0 Å². The monoisotopic (exact) mass is 184 g/mol. The first-order valence-corrected chi connectivity index (χ1v) is 4.33. The molecule has 0 spiro atoms. The zero-order valence-electron chi connectivity index (χ0n) is 8.32. The Balaban J connectivity index is 2.26. The van der Waals surface area contributed by atoms with Crippen LogP contribution in [0.1, 0.15) is 12.6 Å². The number of nitrogens with one attached hydrogen (secondary N) is 1. The van der Waals surface area contributed by atoms with Crippen LogP contribution in [0.2, 0.25) is 0 Å². The molecular formula is C8H16N4O. The van der Waals surface area contributed by atoms with Crippen molar-refractivity contribution in [2.24, 2.45) is 7.05 Å². The molecule has 1 aromatic heterocycles. The Morgan fingerprint density at radius 1 is 1.69 bits per heavy atom. The van der Waals surface area contributed by atoms with Crippen LogP contribution in [0.25, 0.3) is 0 Å². The van der Waals surface area contributed by atoms with Crippen molar-refractivity contribution in [1.82, 2.24) is 20.3 Å². The van der Waals surface area contributed by atoms with E-state index in [1.807, 2.05) is 27.2 Å². The van der Waals surface area contributed by atoms with Gasteiger partial charge in [-0.15, -0.1) is 5.10 Å². The second-order valence-electron chi connectivity index (χ2n) is 3.06. The second-order valence-corrected chi connectivity index (χ2v) is 3.06. The van der Waals surface area contributed by atoms with Crippen molar-refractivity contribution in [3.63, 3.8) is 0 Å². The van der Waals surface area contributed by atoms with Crippen molar-refractivity contribution in [2.45, 2.75) is 19.6 Å². The van der Waals surface area contributed by atoms with E-state index in [1.54, 1.807) is 4.68 Å². The summed E-state index contributed by atoms with van der Waals surface area (Å²) in [5, 5.41) is 10.8. The molecule has 0 aliphatic carbocycles. The smallest absolute Gasteiger partial charge is 0.108 e. The summed E-state index contributed by atoms with van der Waals surface area (Å²) in [6.45, 7) is 3.39. The van der Waals surface area contributed by atoms with Gasteiger partial charge in [-0.05, 0) is 14.0 Å². The molecule has 5 heteroatoms. The predicted molar refractivity (Wildman–Crippen MR) is 49.2 cm³/mol. The first-order chi connectivity index (χ1) is 6.22. The van der Waals surface area contributed by atoms with Crippen molar-refractivity contribution < 1.29 is 4.74 Å². The Morgan fingerprint density at radius 2 is 2.46 bits per heavy atom. The largest absolute Gasteiger partial charge is 0.371 e. The van der Waals surface area contributed by atoms with Crippen molar-refractivity contribution >= 4 is 0 Å². The van der Waals surface area contributed by atoms with E-state index in [4.69, 9.17) is 4.74 Å². The summed E-state index contributed by atoms with van der Waals surface area (Å²) in [6.07, 6.45) is 2.05. The van der Waals surface area contributed by atoms with Crippen LogP contribution >= 0.6 is 0 Å². The van der Waals surface area contributed by atoms with Gasteiger partial charge in [0.05, 0.1) is 18.9 Å². The Kier molecular flexibility index (Phi) is 3.85. The fourth-order valence-electron chi connectivity index (χ4n) is 1.04. The molecular weight excluding hydrogens is 168 g/mol. The summed E-state index contributed by atoms with van der Waals surface area (Å²) in [7, 11) is 3.75. The van der Waals surface area contributed by atoms with E-state index in [-0.39, 0.29) is 6.10 Å².